The van der Waals surface area contributed by atoms with Crippen molar-refractivity contribution in [2.45, 2.75) is 4.90 Å². The summed E-state index contributed by atoms with van der Waals surface area (Å²) in [5.41, 5.74) is 0.881. The molecule has 3 aromatic carbocycles. The minimum Gasteiger partial charge on any atom is -0.493 e. The molecule has 0 aromatic heterocycles. The number of methoxy groups -OCH3 is 1. The maximum atomic E-state index is 12.7. The van der Waals surface area contributed by atoms with Crippen LogP contribution in [-0.2, 0) is 10.0 Å². The lowest BCUT2D eigenvalue weighted by atomic mass is 10.2. The van der Waals surface area contributed by atoms with Gasteiger partial charge in [-0.05, 0) is 48.5 Å². The predicted octanol–water partition coefficient (Wildman–Crippen LogP) is 3.33. The van der Waals surface area contributed by atoms with Gasteiger partial charge in [0, 0.05) is 12.6 Å². The van der Waals surface area contributed by atoms with Crippen LogP contribution in [0, 0.1) is 0 Å². The van der Waals surface area contributed by atoms with Gasteiger partial charge in [0.2, 0.25) is 0 Å². The first-order valence-corrected chi connectivity index (χ1v) is 11.1. The lowest BCUT2D eigenvalue weighted by Gasteiger charge is -2.19. The van der Waals surface area contributed by atoms with E-state index < -0.39 is 10.0 Å². The largest absolute Gasteiger partial charge is 0.493 e. The molecule has 0 aliphatic carbocycles. The quantitative estimate of drug-likeness (QED) is 0.516. The monoisotopic (exact) mass is 440 g/mol. The van der Waals surface area contributed by atoms with Gasteiger partial charge in [-0.25, -0.2) is 8.42 Å². The Hall–Kier alpha value is -3.52. The van der Waals surface area contributed by atoms with E-state index in [4.69, 9.17) is 9.47 Å². The number of anilines is 1. The number of ether oxygens (including phenoxy) is 2. The summed E-state index contributed by atoms with van der Waals surface area (Å²) >= 11 is 0. The van der Waals surface area contributed by atoms with Crippen LogP contribution in [0.4, 0.5) is 5.69 Å². The van der Waals surface area contributed by atoms with Gasteiger partial charge in [-0.2, -0.15) is 0 Å². The number of nitrogens with one attached hydrogen (secondary N) is 1. The van der Waals surface area contributed by atoms with Crippen molar-refractivity contribution >= 4 is 21.6 Å². The first-order chi connectivity index (χ1) is 14.9. The van der Waals surface area contributed by atoms with Crippen LogP contribution in [0.1, 0.15) is 10.4 Å². The van der Waals surface area contributed by atoms with Crippen molar-refractivity contribution in [3.05, 3.63) is 84.4 Å². The number of sulfonamides is 1. The third-order valence-electron chi connectivity index (χ3n) is 4.61. The summed E-state index contributed by atoms with van der Waals surface area (Å²) in [5.74, 6) is 0.953. The molecule has 0 atom stereocenters. The first-order valence-electron chi connectivity index (χ1n) is 9.61. The average Bonchev–Trinajstić information content (AvgIpc) is 2.82. The van der Waals surface area contributed by atoms with Crippen LogP contribution >= 0.6 is 0 Å². The topological polar surface area (TPSA) is 84.9 Å². The molecule has 0 fully saturated rings. The van der Waals surface area contributed by atoms with Gasteiger partial charge in [0.05, 0.1) is 24.2 Å². The van der Waals surface area contributed by atoms with Gasteiger partial charge in [-0.1, -0.05) is 30.3 Å². The van der Waals surface area contributed by atoms with Gasteiger partial charge in [0.25, 0.3) is 15.9 Å². The SMILES string of the molecule is COc1ccccc1OCCNC(=O)c1ccc(N(C)S(=O)(=O)c2ccccc2)cc1. The van der Waals surface area contributed by atoms with Crippen molar-refractivity contribution in [2.24, 2.45) is 0 Å². The van der Waals surface area contributed by atoms with Gasteiger partial charge < -0.3 is 14.8 Å². The van der Waals surface area contributed by atoms with E-state index in [1.165, 1.54) is 11.4 Å². The molecule has 0 unspecified atom stereocenters. The Labute approximate surface area is 182 Å². The Morgan fingerprint density at radius 3 is 2.16 bits per heavy atom. The highest BCUT2D eigenvalue weighted by atomic mass is 32.2. The molecule has 1 amide bonds. The Balaban J connectivity index is 1.56. The van der Waals surface area contributed by atoms with Crippen molar-refractivity contribution in [1.82, 2.24) is 5.32 Å². The number of para-hydroxylation sites is 2. The summed E-state index contributed by atoms with van der Waals surface area (Å²) in [4.78, 5) is 12.6. The second-order valence-corrected chi connectivity index (χ2v) is 8.56. The van der Waals surface area contributed by atoms with E-state index in [2.05, 4.69) is 5.32 Å². The van der Waals surface area contributed by atoms with Crippen LogP contribution in [0.15, 0.2) is 83.8 Å². The van der Waals surface area contributed by atoms with Crippen LogP contribution in [0.2, 0.25) is 0 Å². The number of hydrogen-bond acceptors (Lipinski definition) is 5. The molecule has 0 spiro atoms. The number of rotatable bonds is 9. The second-order valence-electron chi connectivity index (χ2n) is 6.59. The summed E-state index contributed by atoms with van der Waals surface area (Å²) in [6.07, 6.45) is 0. The van der Waals surface area contributed by atoms with Crippen LogP contribution in [0.5, 0.6) is 11.5 Å². The number of carbonyl (C=O) groups is 1. The fraction of sp³-hybridized carbons (Fsp3) is 0.174. The summed E-state index contributed by atoms with van der Waals surface area (Å²) in [6, 6.07) is 21.8. The van der Waals surface area contributed by atoms with Crippen molar-refractivity contribution in [3.63, 3.8) is 0 Å². The summed E-state index contributed by atoms with van der Waals surface area (Å²) in [7, 11) is -0.624. The van der Waals surface area contributed by atoms with E-state index in [-0.39, 0.29) is 17.4 Å². The Morgan fingerprint density at radius 1 is 0.903 bits per heavy atom. The molecule has 0 saturated heterocycles. The number of hydrogen-bond donors (Lipinski definition) is 1. The summed E-state index contributed by atoms with van der Waals surface area (Å²) in [5, 5.41) is 2.77. The molecule has 0 heterocycles. The van der Waals surface area contributed by atoms with Crippen molar-refractivity contribution in [1.29, 1.82) is 0 Å². The number of amides is 1. The molecule has 0 radical (unpaired) electrons. The van der Waals surface area contributed by atoms with Crippen LogP contribution in [0.3, 0.4) is 0 Å². The van der Waals surface area contributed by atoms with Crippen molar-refractivity contribution in [3.8, 4) is 11.5 Å². The molecular formula is C23H24N2O5S. The maximum absolute atomic E-state index is 12.7. The molecule has 7 nitrogen and oxygen atoms in total. The fourth-order valence-electron chi connectivity index (χ4n) is 2.88. The molecule has 0 aliphatic rings. The van der Waals surface area contributed by atoms with Crippen molar-refractivity contribution in [2.75, 3.05) is 31.6 Å². The summed E-state index contributed by atoms with van der Waals surface area (Å²) in [6.45, 7) is 0.586. The zero-order valence-electron chi connectivity index (χ0n) is 17.3. The lowest BCUT2D eigenvalue weighted by Crippen LogP contribution is -2.28. The molecule has 3 rings (SSSR count). The molecule has 3 aromatic rings. The highest BCUT2D eigenvalue weighted by Gasteiger charge is 2.21. The fourth-order valence-corrected chi connectivity index (χ4v) is 4.09. The minimum absolute atomic E-state index is 0.203. The van der Waals surface area contributed by atoms with Gasteiger partial charge in [0.15, 0.2) is 11.5 Å². The maximum Gasteiger partial charge on any atom is 0.264 e. The predicted molar refractivity (Wildman–Crippen MR) is 119 cm³/mol. The third kappa shape index (κ3) is 5.35. The van der Waals surface area contributed by atoms with E-state index in [1.807, 2.05) is 12.1 Å². The highest BCUT2D eigenvalue weighted by molar-refractivity contribution is 7.92. The van der Waals surface area contributed by atoms with Crippen molar-refractivity contribution < 1.29 is 22.7 Å². The number of benzene rings is 3. The van der Waals surface area contributed by atoms with Crippen LogP contribution in [0.25, 0.3) is 0 Å². The van der Waals surface area contributed by atoms with E-state index in [9.17, 15) is 13.2 Å². The van der Waals surface area contributed by atoms with Gasteiger partial charge in [-0.15, -0.1) is 0 Å². The molecule has 1 N–H and O–H groups in total. The zero-order valence-corrected chi connectivity index (χ0v) is 18.1. The summed E-state index contributed by atoms with van der Waals surface area (Å²) < 4.78 is 37.5. The number of nitrogens with zero attached hydrogens (tertiary/aromatic N) is 1. The van der Waals surface area contributed by atoms with E-state index >= 15 is 0 Å². The molecule has 31 heavy (non-hydrogen) atoms. The molecule has 0 saturated carbocycles. The van der Waals surface area contributed by atoms with Crippen LogP contribution < -0.4 is 19.1 Å². The Kier molecular flexibility index (Phi) is 7.15. The Bertz CT molecular complexity index is 1120. The molecular weight excluding hydrogens is 416 g/mol. The minimum atomic E-state index is -3.67. The van der Waals surface area contributed by atoms with Gasteiger partial charge >= 0.3 is 0 Å². The van der Waals surface area contributed by atoms with Gasteiger partial charge in [0.1, 0.15) is 6.61 Å². The van der Waals surface area contributed by atoms with E-state index in [0.29, 0.717) is 29.3 Å². The third-order valence-corrected chi connectivity index (χ3v) is 6.41. The first kappa shape index (κ1) is 22.2. The molecule has 162 valence electrons. The molecule has 0 bridgehead atoms. The average molecular weight is 441 g/mol. The highest BCUT2D eigenvalue weighted by Crippen LogP contribution is 2.25. The molecule has 8 heteroatoms. The van der Waals surface area contributed by atoms with E-state index in [1.54, 1.807) is 73.8 Å². The van der Waals surface area contributed by atoms with E-state index in [0.717, 1.165) is 0 Å². The zero-order chi connectivity index (χ0) is 22.3. The Morgan fingerprint density at radius 2 is 1.52 bits per heavy atom. The normalized spacial score (nSPS) is 10.9. The number of carbonyl (C=O) groups excluding carboxylic acids is 1. The standard InChI is InChI=1S/C23H24N2O5S/c1-25(31(27,28)20-8-4-3-5-9-20)19-14-12-18(13-15-19)23(26)24-16-17-30-22-11-7-6-10-21(22)29-2/h3-15H,16-17H2,1-2H3,(H,24,26). The van der Waals surface area contributed by atoms with Gasteiger partial charge in [-0.3, -0.25) is 9.10 Å². The van der Waals surface area contributed by atoms with Crippen LogP contribution in [-0.4, -0.2) is 41.6 Å². The second kappa shape index (κ2) is 9.99. The lowest BCUT2D eigenvalue weighted by molar-refractivity contribution is 0.0947. The smallest absolute Gasteiger partial charge is 0.264 e. The molecule has 0 aliphatic heterocycles.